The number of rotatable bonds is 10. The molecule has 0 fully saturated rings. The molecule has 0 atom stereocenters. The second kappa shape index (κ2) is 16.9. The van der Waals surface area contributed by atoms with Crippen LogP contribution >= 0.6 is 22.7 Å². The summed E-state index contributed by atoms with van der Waals surface area (Å²) in [7, 11) is 1.73. The number of thiophene rings is 2. The Bertz CT molecular complexity index is 3930. The molecule has 1 aliphatic heterocycles. The number of amides is 1. The lowest BCUT2D eigenvalue weighted by Gasteiger charge is -2.24. The van der Waals surface area contributed by atoms with Gasteiger partial charge in [0.25, 0.3) is 0 Å². The van der Waals surface area contributed by atoms with Crippen LogP contribution in [0.2, 0.25) is 0 Å². The normalized spacial score (nSPS) is 12.4. The third-order valence-corrected chi connectivity index (χ3v) is 13.5. The van der Waals surface area contributed by atoms with Crippen LogP contribution in [0.25, 0.3) is 106 Å². The second-order valence-corrected chi connectivity index (χ2v) is 18.7. The zero-order valence-electron chi connectivity index (χ0n) is 37.6. The van der Waals surface area contributed by atoms with Crippen molar-refractivity contribution < 1.29 is 13.6 Å². The minimum Gasteiger partial charge on any atom is -0.338 e. The van der Waals surface area contributed by atoms with E-state index >= 15 is 8.78 Å². The van der Waals surface area contributed by atoms with Gasteiger partial charge in [-0.3, -0.25) is 39.8 Å². The number of carbonyl (C=O) groups is 1. The standard InChI is InChI=1S/C50H37F2N15OS2/c1-23(2)13-35(68)59-27-14-26(15-54-16-27)40-38(51)36-29(49-60-32-6-10-55-41(45(32)63-49)25-8-12-69-20-25)18-58-65-47(36)44(62-40)31-22-70-21-30(31)43-46-33(7-11-56-43)61-50(64-46)48-37-34(67(4)66-48)19-57-42(39(37)52)28-17-53-9-5-24(28)3/h5-12,14-23,58,65H,13H2,1-4H3,(H,59,68)(H,60,63)(H,61,64). The molecule has 1 amide bonds. The van der Waals surface area contributed by atoms with Crippen molar-refractivity contribution >= 4 is 78.5 Å². The molecule has 20 heteroatoms. The van der Waals surface area contributed by atoms with Crippen molar-refractivity contribution in [3.05, 3.63) is 130 Å². The number of hydrogen-bond acceptors (Lipinski definition) is 14. The number of halogens is 2. The number of aryl methyl sites for hydroxylation is 2. The molecule has 0 unspecified atom stereocenters. The first-order chi connectivity index (χ1) is 34.1. The summed E-state index contributed by atoms with van der Waals surface area (Å²) in [4.78, 5) is 57.5. The Morgan fingerprint density at radius 3 is 2.30 bits per heavy atom. The lowest BCUT2D eigenvalue weighted by molar-refractivity contribution is -0.116. The molecule has 11 aromatic heterocycles. The Morgan fingerprint density at radius 2 is 1.51 bits per heavy atom. The molecule has 5 N–H and O–H groups in total. The van der Waals surface area contributed by atoms with Crippen LogP contribution in [-0.2, 0) is 11.8 Å². The molecule has 12 heterocycles. The predicted octanol–water partition coefficient (Wildman–Crippen LogP) is 10.7. The minimum atomic E-state index is -0.649. The van der Waals surface area contributed by atoms with Gasteiger partial charge in [-0.15, -0.1) is 0 Å². The van der Waals surface area contributed by atoms with E-state index in [1.807, 2.05) is 60.5 Å². The molecule has 1 aliphatic rings. The highest BCUT2D eigenvalue weighted by atomic mass is 32.1. The second-order valence-electron chi connectivity index (χ2n) is 17.1. The van der Waals surface area contributed by atoms with Crippen molar-refractivity contribution in [2.75, 3.05) is 10.7 Å². The van der Waals surface area contributed by atoms with E-state index in [0.29, 0.717) is 102 Å². The summed E-state index contributed by atoms with van der Waals surface area (Å²) in [5.74, 6) is -0.550. The van der Waals surface area contributed by atoms with Crippen LogP contribution in [0.3, 0.4) is 0 Å². The molecule has 0 bridgehead atoms. The molecule has 0 aromatic carbocycles. The molecule has 344 valence electrons. The van der Waals surface area contributed by atoms with Gasteiger partial charge >= 0.3 is 0 Å². The molecular weight excluding hydrogens is 929 g/mol. The summed E-state index contributed by atoms with van der Waals surface area (Å²) in [6.45, 7) is 5.79. The molecule has 0 saturated carbocycles. The lowest BCUT2D eigenvalue weighted by atomic mass is 9.95. The van der Waals surface area contributed by atoms with E-state index in [4.69, 9.17) is 25.0 Å². The Labute approximate surface area is 404 Å². The highest BCUT2D eigenvalue weighted by Crippen LogP contribution is 2.47. The monoisotopic (exact) mass is 965 g/mol. The average Bonchev–Trinajstić information content (AvgIpc) is 4.22. The SMILES string of the molecule is Cc1ccncc1-c1ncc2c(c(-c3nc4c(-c5cscc5-c5nc(-c6cncc(NC(=O)CC(C)C)c6)c(F)c6c5NNC=C6c5nc6c(-c7ccsc7)nccc6[nH]5)nccc4[nH]3)nn2C)c1F. The maximum absolute atomic E-state index is 17.8. The summed E-state index contributed by atoms with van der Waals surface area (Å²) < 4.78 is 36.1. The predicted molar refractivity (Wildman–Crippen MR) is 268 cm³/mol. The first-order valence-electron chi connectivity index (χ1n) is 22.0. The van der Waals surface area contributed by atoms with Gasteiger partial charge < -0.3 is 20.7 Å². The smallest absolute Gasteiger partial charge is 0.224 e. The van der Waals surface area contributed by atoms with Gasteiger partial charge in [-0.05, 0) is 54.1 Å². The number of hydrazine groups is 1. The van der Waals surface area contributed by atoms with Gasteiger partial charge in [-0.2, -0.15) is 27.8 Å². The minimum absolute atomic E-state index is 0.0164. The largest absolute Gasteiger partial charge is 0.338 e. The van der Waals surface area contributed by atoms with Crippen molar-refractivity contribution in [2.45, 2.75) is 27.2 Å². The molecule has 0 saturated heterocycles. The summed E-state index contributed by atoms with van der Waals surface area (Å²) >= 11 is 2.97. The highest BCUT2D eigenvalue weighted by molar-refractivity contribution is 7.09. The fourth-order valence-electron chi connectivity index (χ4n) is 8.83. The van der Waals surface area contributed by atoms with E-state index in [1.165, 1.54) is 23.7 Å². The van der Waals surface area contributed by atoms with E-state index < -0.39 is 11.6 Å². The Morgan fingerprint density at radius 1 is 0.743 bits per heavy atom. The number of fused-ring (bicyclic) bond motifs is 4. The fraction of sp³-hybridized carbons (Fsp3) is 0.120. The van der Waals surface area contributed by atoms with E-state index in [1.54, 1.807) is 72.4 Å². The van der Waals surface area contributed by atoms with Crippen LogP contribution in [-0.4, -0.2) is 65.5 Å². The number of H-pyrrole nitrogens is 2. The van der Waals surface area contributed by atoms with Gasteiger partial charge in [0.15, 0.2) is 17.5 Å². The number of pyridine rings is 6. The molecule has 0 spiro atoms. The van der Waals surface area contributed by atoms with Gasteiger partial charge in [-0.1, -0.05) is 13.8 Å². The van der Waals surface area contributed by atoms with Gasteiger partial charge in [0.1, 0.15) is 33.9 Å². The van der Waals surface area contributed by atoms with Crippen LogP contribution in [0.4, 0.5) is 20.2 Å². The van der Waals surface area contributed by atoms with E-state index in [0.717, 1.165) is 16.6 Å². The van der Waals surface area contributed by atoms with Crippen LogP contribution in [0.15, 0.2) is 101 Å². The van der Waals surface area contributed by atoms with Crippen LogP contribution in [0.5, 0.6) is 0 Å². The van der Waals surface area contributed by atoms with Gasteiger partial charge in [0.2, 0.25) is 5.91 Å². The molecule has 0 radical (unpaired) electrons. The molecule has 70 heavy (non-hydrogen) atoms. The first kappa shape index (κ1) is 42.7. The Balaban J connectivity index is 1.02. The van der Waals surface area contributed by atoms with Crippen molar-refractivity contribution in [1.82, 2.24) is 65.0 Å². The number of aromatic nitrogens is 12. The van der Waals surface area contributed by atoms with Gasteiger partial charge in [0, 0.05) is 100 Å². The Kier molecular flexibility index (Phi) is 10.3. The van der Waals surface area contributed by atoms with Crippen LogP contribution in [0.1, 0.15) is 37.2 Å². The zero-order chi connectivity index (χ0) is 47.8. The maximum atomic E-state index is 17.8. The third-order valence-electron chi connectivity index (χ3n) is 12.1. The van der Waals surface area contributed by atoms with Crippen LogP contribution < -0.4 is 16.2 Å². The summed E-state index contributed by atoms with van der Waals surface area (Å²) in [6.07, 6.45) is 13.2. The fourth-order valence-corrected chi connectivity index (χ4v) is 10.3. The number of hydrogen-bond donors (Lipinski definition) is 5. The van der Waals surface area contributed by atoms with E-state index in [2.05, 4.69) is 46.1 Å². The number of nitrogens with zero attached hydrogens (tertiary/aromatic N) is 10. The lowest BCUT2D eigenvalue weighted by Crippen LogP contribution is -2.24. The van der Waals surface area contributed by atoms with Crippen molar-refractivity contribution in [3.8, 4) is 67.8 Å². The zero-order valence-corrected chi connectivity index (χ0v) is 39.2. The summed E-state index contributed by atoms with van der Waals surface area (Å²) in [6, 6.07) is 9.07. The highest BCUT2D eigenvalue weighted by Gasteiger charge is 2.32. The number of anilines is 2. The average molecular weight is 966 g/mol. The third kappa shape index (κ3) is 7.14. The van der Waals surface area contributed by atoms with Crippen LogP contribution in [0, 0.1) is 24.5 Å². The number of carbonyl (C=O) groups excluding carboxylic acids is 1. The molecule has 11 aromatic rings. The van der Waals surface area contributed by atoms with E-state index in [9.17, 15) is 4.79 Å². The molecule has 0 aliphatic carbocycles. The topological polar surface area (TPSA) is 206 Å². The maximum Gasteiger partial charge on any atom is 0.224 e. The summed E-state index contributed by atoms with van der Waals surface area (Å²) in [5.41, 5.74) is 16.5. The van der Waals surface area contributed by atoms with E-state index in [-0.39, 0.29) is 34.2 Å². The number of aromatic amines is 2. The molecule has 16 nitrogen and oxygen atoms in total. The molecular formula is C50H37F2N15OS2. The number of imidazole rings is 2. The van der Waals surface area contributed by atoms with Crippen molar-refractivity contribution in [3.63, 3.8) is 0 Å². The van der Waals surface area contributed by atoms with Crippen molar-refractivity contribution in [2.24, 2.45) is 13.0 Å². The number of nitrogens with one attached hydrogen (secondary N) is 5. The molecule has 12 rings (SSSR count). The van der Waals surface area contributed by atoms with Crippen molar-refractivity contribution in [1.29, 1.82) is 0 Å². The Hall–Kier alpha value is -8.62. The quantitative estimate of drug-likeness (QED) is 0.0868. The first-order valence-corrected chi connectivity index (χ1v) is 23.9. The summed E-state index contributed by atoms with van der Waals surface area (Å²) in [5, 5.41) is 15.7. The van der Waals surface area contributed by atoms with Gasteiger partial charge in [0.05, 0.1) is 68.4 Å². The van der Waals surface area contributed by atoms with Gasteiger partial charge in [-0.25, -0.2) is 23.7 Å².